The average molecular weight is 1010 g/mol. The minimum Gasteiger partial charge on any atom is -0.423 e. The molecule has 0 saturated heterocycles. The van der Waals surface area contributed by atoms with Crippen molar-refractivity contribution in [2.45, 2.75) is 244 Å². The first-order chi connectivity index (χ1) is 36.0. The highest BCUT2D eigenvalue weighted by atomic mass is 16.5. The fourth-order valence-corrected chi connectivity index (χ4v) is 16.3. The Labute approximate surface area is 447 Å². The zero-order valence-electron chi connectivity index (χ0n) is 46.5. The second kappa shape index (κ2) is 27.3. The van der Waals surface area contributed by atoms with Crippen LogP contribution in [0.2, 0.25) is 0 Å². The molecule has 0 spiro atoms. The number of unbranched alkanes of at least 4 members (excludes halogenated alkanes) is 18. The summed E-state index contributed by atoms with van der Waals surface area (Å²) in [5, 5.41) is 0. The largest absolute Gasteiger partial charge is 0.423 e. The number of benzene rings is 2. The molecule has 6 unspecified atom stereocenters. The molecule has 5 saturated carbocycles. The molecule has 0 aromatic heterocycles. The van der Waals surface area contributed by atoms with Gasteiger partial charge >= 0.3 is 5.97 Å². The van der Waals surface area contributed by atoms with Gasteiger partial charge in [0, 0.05) is 25.2 Å². The molecule has 8 nitrogen and oxygen atoms in total. The summed E-state index contributed by atoms with van der Waals surface area (Å²) >= 11 is 0. The Morgan fingerprint density at radius 2 is 1.01 bits per heavy atom. The summed E-state index contributed by atoms with van der Waals surface area (Å²) in [5.74, 6) is 4.19. The average Bonchev–Trinajstić information content (AvgIpc) is 3.83. The van der Waals surface area contributed by atoms with Crippen molar-refractivity contribution in [3.05, 3.63) is 76.9 Å². The van der Waals surface area contributed by atoms with E-state index >= 15 is 0 Å². The minimum atomic E-state index is -0.512. The molecule has 74 heavy (non-hydrogen) atoms. The predicted molar refractivity (Wildman–Crippen MR) is 298 cm³/mol. The third kappa shape index (κ3) is 14.5. The lowest BCUT2D eigenvalue weighted by molar-refractivity contribution is -0.136. The minimum absolute atomic E-state index is 0.164. The standard InChI is InChI=1S/C66H96N2O6/c1-4-6-8-10-16-22-28-56-51(26-20-9-7-5-2)30-31-52(27-21-15-11-13-18-24-40-67-60(69)38-39-61(67)70)57(56)29-23-17-12-14-19-25-41-68-62(71)58-37-32-53(43-59(58)63(68)72)64(73)74-55-35-33-54(34-36-55)66-46-49-42-50(47-66)45-65(3,44-49)48-66/h32-39,43,49-52,56-57H,4-31,40-42,44-48H2,1-3H3. The molecule has 7 aliphatic rings. The maximum absolute atomic E-state index is 13.6. The summed E-state index contributed by atoms with van der Waals surface area (Å²) in [7, 11) is 0. The molecule has 2 aromatic carbocycles. The van der Waals surface area contributed by atoms with Crippen LogP contribution in [0.5, 0.6) is 5.75 Å². The van der Waals surface area contributed by atoms with Crippen molar-refractivity contribution in [2.75, 3.05) is 13.1 Å². The Balaban J connectivity index is 0.770. The lowest BCUT2D eigenvalue weighted by atomic mass is 9.43. The molecular formula is C66H96N2O6. The summed E-state index contributed by atoms with van der Waals surface area (Å²) in [5.41, 5.74) is 3.05. The fourth-order valence-electron chi connectivity index (χ4n) is 16.3. The third-order valence-corrected chi connectivity index (χ3v) is 19.5. The zero-order chi connectivity index (χ0) is 51.9. The molecule has 8 heteroatoms. The number of hydrogen-bond donors (Lipinski definition) is 0. The van der Waals surface area contributed by atoms with Crippen LogP contribution in [0.1, 0.15) is 276 Å². The van der Waals surface area contributed by atoms with Gasteiger partial charge in [0.2, 0.25) is 0 Å². The highest BCUT2D eigenvalue weighted by Gasteiger charge is 2.56. The van der Waals surface area contributed by atoms with Gasteiger partial charge < -0.3 is 4.74 Å². The molecule has 5 fully saturated rings. The second-order valence-corrected chi connectivity index (χ2v) is 25.3. The molecule has 9 rings (SSSR count). The van der Waals surface area contributed by atoms with E-state index in [4.69, 9.17) is 4.74 Å². The molecule has 0 N–H and O–H groups in total. The quantitative estimate of drug-likeness (QED) is 0.0306. The van der Waals surface area contributed by atoms with Gasteiger partial charge in [-0.3, -0.25) is 29.0 Å². The predicted octanol–water partition coefficient (Wildman–Crippen LogP) is 16.7. The Morgan fingerprint density at radius 3 is 1.55 bits per heavy atom. The van der Waals surface area contributed by atoms with Gasteiger partial charge in [-0.05, 0) is 159 Å². The van der Waals surface area contributed by atoms with Crippen LogP contribution >= 0.6 is 0 Å². The van der Waals surface area contributed by atoms with Crippen LogP contribution in [0.3, 0.4) is 0 Å². The summed E-state index contributed by atoms with van der Waals surface area (Å²) in [6.07, 6.45) is 46.4. The zero-order valence-corrected chi connectivity index (χ0v) is 46.5. The summed E-state index contributed by atoms with van der Waals surface area (Å²) in [6.45, 7) is 8.08. The van der Waals surface area contributed by atoms with Gasteiger partial charge in [-0.25, -0.2) is 4.79 Å². The van der Waals surface area contributed by atoms with Gasteiger partial charge in [-0.15, -0.1) is 0 Å². The number of carbonyl (C=O) groups is 5. The maximum Gasteiger partial charge on any atom is 0.343 e. The molecule has 4 bridgehead atoms. The molecule has 6 atom stereocenters. The van der Waals surface area contributed by atoms with Gasteiger partial charge in [0.25, 0.3) is 23.6 Å². The highest BCUT2D eigenvalue weighted by Crippen LogP contribution is 2.65. The summed E-state index contributed by atoms with van der Waals surface area (Å²) in [4.78, 5) is 67.1. The van der Waals surface area contributed by atoms with Crippen molar-refractivity contribution in [1.82, 2.24) is 9.80 Å². The van der Waals surface area contributed by atoms with E-state index < -0.39 is 5.97 Å². The third-order valence-electron chi connectivity index (χ3n) is 19.5. The number of esters is 1. The normalized spacial score (nSPS) is 27.0. The molecular weight excluding hydrogens is 917 g/mol. The molecule has 2 aromatic rings. The molecule has 406 valence electrons. The van der Waals surface area contributed by atoms with Crippen molar-refractivity contribution < 1.29 is 28.7 Å². The lowest BCUT2D eigenvalue weighted by Crippen LogP contribution is -2.52. The van der Waals surface area contributed by atoms with Crippen LogP contribution in [-0.2, 0) is 15.0 Å². The van der Waals surface area contributed by atoms with E-state index in [1.165, 1.54) is 214 Å². The van der Waals surface area contributed by atoms with Crippen LogP contribution in [0.4, 0.5) is 0 Å². The van der Waals surface area contributed by atoms with Crippen molar-refractivity contribution in [3.8, 4) is 5.75 Å². The monoisotopic (exact) mass is 1010 g/mol. The first kappa shape index (κ1) is 56.1. The van der Waals surface area contributed by atoms with Crippen molar-refractivity contribution in [1.29, 1.82) is 0 Å². The van der Waals surface area contributed by atoms with Crippen LogP contribution in [0.15, 0.2) is 54.6 Å². The molecule has 2 aliphatic heterocycles. The molecule has 0 radical (unpaired) electrons. The van der Waals surface area contributed by atoms with Gasteiger partial charge in [0.15, 0.2) is 0 Å². The van der Waals surface area contributed by atoms with Gasteiger partial charge in [-0.1, -0.05) is 174 Å². The van der Waals surface area contributed by atoms with Crippen LogP contribution in [0, 0.1) is 40.9 Å². The summed E-state index contributed by atoms with van der Waals surface area (Å²) < 4.78 is 5.85. The number of carbonyl (C=O) groups excluding carboxylic acids is 5. The first-order valence-electron chi connectivity index (χ1n) is 30.9. The van der Waals surface area contributed by atoms with E-state index in [1.807, 2.05) is 12.1 Å². The SMILES string of the molecule is CCCCCCCCC1C(CCCCCC)CCC(CCCCCCCCN2C(=O)C=CC2=O)C1CCCCCCCCN1C(=O)c2ccc(C(=O)Oc3ccc(C45CC6CC(CC(C)(C6)C4)C5)cc3)cc2C1=O. The van der Waals surface area contributed by atoms with Gasteiger partial charge in [0.1, 0.15) is 5.75 Å². The van der Waals surface area contributed by atoms with E-state index in [9.17, 15) is 24.0 Å². The Morgan fingerprint density at radius 1 is 0.541 bits per heavy atom. The Kier molecular flexibility index (Phi) is 20.7. The second-order valence-electron chi connectivity index (χ2n) is 25.3. The van der Waals surface area contributed by atoms with Crippen molar-refractivity contribution in [2.24, 2.45) is 40.9 Å². The number of amides is 4. The van der Waals surface area contributed by atoms with Gasteiger partial charge in [-0.2, -0.15) is 0 Å². The number of ether oxygens (including phenoxy) is 1. The maximum atomic E-state index is 13.6. The number of imide groups is 2. The van der Waals surface area contributed by atoms with E-state index in [2.05, 4.69) is 32.9 Å². The Bertz CT molecular complexity index is 2180. The first-order valence-corrected chi connectivity index (χ1v) is 30.9. The highest BCUT2D eigenvalue weighted by molar-refractivity contribution is 6.22. The topological polar surface area (TPSA) is 101 Å². The van der Waals surface area contributed by atoms with Gasteiger partial charge in [0.05, 0.1) is 16.7 Å². The Hall–Kier alpha value is -4.07. The van der Waals surface area contributed by atoms with E-state index in [-0.39, 0.29) is 34.6 Å². The smallest absolute Gasteiger partial charge is 0.343 e. The number of fused-ring (bicyclic) bond motifs is 1. The number of hydrogen-bond acceptors (Lipinski definition) is 6. The van der Waals surface area contributed by atoms with Crippen LogP contribution in [-0.4, -0.2) is 52.5 Å². The fraction of sp³-hybridized carbons (Fsp3) is 0.712. The number of nitrogens with zero attached hydrogens (tertiary/aromatic N) is 2. The van der Waals surface area contributed by atoms with Crippen LogP contribution in [0.25, 0.3) is 0 Å². The van der Waals surface area contributed by atoms with Crippen LogP contribution < -0.4 is 4.74 Å². The lowest BCUT2D eigenvalue weighted by Gasteiger charge is -2.61. The molecule has 4 amide bonds. The molecule has 2 heterocycles. The van der Waals surface area contributed by atoms with E-state index in [0.29, 0.717) is 35.4 Å². The summed E-state index contributed by atoms with van der Waals surface area (Å²) in [6, 6.07) is 13.0. The van der Waals surface area contributed by atoms with Crippen molar-refractivity contribution >= 4 is 29.6 Å². The van der Waals surface area contributed by atoms with Crippen molar-refractivity contribution in [3.63, 3.8) is 0 Å². The number of rotatable bonds is 33. The van der Waals surface area contributed by atoms with E-state index in [0.717, 1.165) is 67.6 Å². The van der Waals surface area contributed by atoms with E-state index in [1.54, 1.807) is 18.2 Å². The molecule has 5 aliphatic carbocycles.